The normalized spacial score (nSPS) is 11.1. The van der Waals surface area contributed by atoms with Crippen LogP contribution in [-0.2, 0) is 48.4 Å². The van der Waals surface area contributed by atoms with E-state index in [1.54, 1.807) is 0 Å². The first-order valence-electron chi connectivity index (χ1n) is 15.3. The molecule has 0 radical (unpaired) electrons. The predicted octanol–water partition coefficient (Wildman–Crippen LogP) is 7.62. The van der Waals surface area contributed by atoms with Gasteiger partial charge in [-0.1, -0.05) is 74.5 Å². The Morgan fingerprint density at radius 2 is 1.07 bits per heavy atom. The molecule has 3 N–H and O–H groups in total. The number of H-pyrrole nitrogens is 3. The Hall–Kier alpha value is -4.78. The highest BCUT2D eigenvalue weighted by molar-refractivity contribution is 5.90. The molecule has 2 aromatic carbocycles. The second-order valence-electron chi connectivity index (χ2n) is 11.3. The Morgan fingerprint density at radius 3 is 1.52 bits per heavy atom. The second-order valence-corrected chi connectivity index (χ2v) is 11.3. The number of nitrogens with one attached hydrogen (secondary N) is 3. The van der Waals surface area contributed by atoms with Crippen molar-refractivity contribution in [2.24, 2.45) is 0 Å². The standard InChI is InChI=1S/C37H41N3O4/c1-6-29-24(4)34(36(41)43-21-26-14-10-8-11-15-26)39-32(29)19-28-18-23(3)31(38-28)20-33-30(7-2)25(5)35(40-33)37(42)44-22-27-16-12-9-13-17-27/h8-18,38-40H,6-7,19-22H2,1-5H3. The van der Waals surface area contributed by atoms with E-state index in [9.17, 15) is 9.59 Å². The minimum Gasteiger partial charge on any atom is -0.456 e. The number of aromatic amines is 3. The van der Waals surface area contributed by atoms with Crippen LogP contribution < -0.4 is 0 Å². The van der Waals surface area contributed by atoms with Crippen molar-refractivity contribution >= 4 is 11.9 Å². The highest BCUT2D eigenvalue weighted by Gasteiger charge is 2.22. The number of ether oxygens (including phenoxy) is 2. The second kappa shape index (κ2) is 13.7. The average Bonchev–Trinajstić information content (AvgIpc) is 3.66. The van der Waals surface area contributed by atoms with Crippen LogP contribution in [0.2, 0.25) is 0 Å². The first kappa shape index (κ1) is 30.7. The van der Waals surface area contributed by atoms with Gasteiger partial charge in [-0.3, -0.25) is 0 Å². The van der Waals surface area contributed by atoms with Crippen molar-refractivity contribution in [2.45, 2.75) is 73.5 Å². The van der Waals surface area contributed by atoms with Gasteiger partial charge in [0, 0.05) is 35.6 Å². The van der Waals surface area contributed by atoms with Crippen molar-refractivity contribution < 1.29 is 19.1 Å². The Labute approximate surface area is 259 Å². The van der Waals surface area contributed by atoms with E-state index in [-0.39, 0.29) is 25.2 Å². The summed E-state index contributed by atoms with van der Waals surface area (Å²) in [5.41, 5.74) is 12.4. The summed E-state index contributed by atoms with van der Waals surface area (Å²) >= 11 is 0. The number of carbonyl (C=O) groups is 2. The molecule has 44 heavy (non-hydrogen) atoms. The summed E-state index contributed by atoms with van der Waals surface area (Å²) in [5, 5.41) is 0. The summed E-state index contributed by atoms with van der Waals surface area (Å²) < 4.78 is 11.2. The van der Waals surface area contributed by atoms with Gasteiger partial charge in [0.15, 0.2) is 0 Å². The quantitative estimate of drug-likeness (QED) is 0.130. The minimum atomic E-state index is -0.344. The van der Waals surface area contributed by atoms with Gasteiger partial charge in [0.2, 0.25) is 0 Å². The van der Waals surface area contributed by atoms with Gasteiger partial charge in [0.1, 0.15) is 24.6 Å². The van der Waals surface area contributed by atoms with Crippen molar-refractivity contribution in [1.29, 1.82) is 0 Å². The number of rotatable bonds is 12. The van der Waals surface area contributed by atoms with Crippen molar-refractivity contribution in [1.82, 2.24) is 15.0 Å². The van der Waals surface area contributed by atoms with E-state index in [2.05, 4.69) is 41.8 Å². The molecule has 5 aromatic rings. The van der Waals surface area contributed by atoms with Crippen molar-refractivity contribution in [3.63, 3.8) is 0 Å². The van der Waals surface area contributed by atoms with Gasteiger partial charge in [0.05, 0.1) is 0 Å². The van der Waals surface area contributed by atoms with Gasteiger partial charge in [-0.15, -0.1) is 0 Å². The van der Waals surface area contributed by atoms with E-state index < -0.39 is 0 Å². The fraction of sp³-hybridized carbons (Fsp3) is 0.297. The molecule has 3 heterocycles. The first-order valence-corrected chi connectivity index (χ1v) is 15.3. The highest BCUT2D eigenvalue weighted by atomic mass is 16.5. The molecule has 0 spiro atoms. The molecule has 0 fully saturated rings. The minimum absolute atomic E-state index is 0.235. The molecule has 0 saturated heterocycles. The van der Waals surface area contributed by atoms with Crippen LogP contribution in [0.3, 0.4) is 0 Å². The van der Waals surface area contributed by atoms with Gasteiger partial charge in [0.25, 0.3) is 0 Å². The number of aryl methyl sites for hydroxylation is 1. The molecule has 0 saturated carbocycles. The predicted molar refractivity (Wildman–Crippen MR) is 172 cm³/mol. The number of esters is 2. The van der Waals surface area contributed by atoms with E-state index in [0.717, 1.165) is 74.6 Å². The maximum absolute atomic E-state index is 13.0. The Bertz CT molecular complexity index is 1740. The van der Waals surface area contributed by atoms with E-state index >= 15 is 0 Å². The van der Waals surface area contributed by atoms with Crippen LogP contribution in [0.15, 0.2) is 66.7 Å². The van der Waals surface area contributed by atoms with Gasteiger partial charge < -0.3 is 24.4 Å². The maximum atomic E-state index is 13.0. The molecule has 0 amide bonds. The number of carbonyl (C=O) groups excluding carboxylic acids is 2. The van der Waals surface area contributed by atoms with Crippen LogP contribution in [0.4, 0.5) is 0 Å². The van der Waals surface area contributed by atoms with E-state index in [1.807, 2.05) is 74.5 Å². The van der Waals surface area contributed by atoms with E-state index in [0.29, 0.717) is 24.2 Å². The molecule has 7 nitrogen and oxygen atoms in total. The van der Waals surface area contributed by atoms with E-state index in [1.165, 1.54) is 0 Å². The lowest BCUT2D eigenvalue weighted by Gasteiger charge is -2.04. The van der Waals surface area contributed by atoms with Crippen LogP contribution in [0.25, 0.3) is 0 Å². The molecule has 3 aromatic heterocycles. The molecule has 0 aliphatic heterocycles. The largest absolute Gasteiger partial charge is 0.456 e. The Balaban J connectivity index is 1.30. The van der Waals surface area contributed by atoms with Crippen LogP contribution in [-0.4, -0.2) is 26.9 Å². The highest BCUT2D eigenvalue weighted by Crippen LogP contribution is 2.27. The Kier molecular flexibility index (Phi) is 9.53. The summed E-state index contributed by atoms with van der Waals surface area (Å²) in [6.07, 6.45) is 2.89. The zero-order valence-electron chi connectivity index (χ0n) is 26.2. The number of hydrogen-bond donors (Lipinski definition) is 3. The maximum Gasteiger partial charge on any atom is 0.355 e. The van der Waals surface area contributed by atoms with Crippen molar-refractivity contribution in [3.05, 3.63) is 140 Å². The van der Waals surface area contributed by atoms with Crippen molar-refractivity contribution in [3.8, 4) is 0 Å². The summed E-state index contributed by atoms with van der Waals surface area (Å²) in [6, 6.07) is 21.6. The summed E-state index contributed by atoms with van der Waals surface area (Å²) in [4.78, 5) is 36.4. The molecule has 0 unspecified atom stereocenters. The van der Waals surface area contributed by atoms with Crippen molar-refractivity contribution in [2.75, 3.05) is 0 Å². The lowest BCUT2D eigenvalue weighted by Crippen LogP contribution is -2.07. The fourth-order valence-corrected chi connectivity index (χ4v) is 5.98. The van der Waals surface area contributed by atoms with Crippen LogP contribution >= 0.6 is 0 Å². The van der Waals surface area contributed by atoms with Crippen LogP contribution in [0, 0.1) is 20.8 Å². The number of benzene rings is 2. The zero-order valence-corrected chi connectivity index (χ0v) is 26.2. The molecular weight excluding hydrogens is 550 g/mol. The van der Waals surface area contributed by atoms with E-state index in [4.69, 9.17) is 9.47 Å². The molecule has 0 aliphatic carbocycles. The Morgan fingerprint density at radius 1 is 0.614 bits per heavy atom. The number of hydrogen-bond acceptors (Lipinski definition) is 4. The fourth-order valence-electron chi connectivity index (χ4n) is 5.98. The smallest absolute Gasteiger partial charge is 0.355 e. The SMILES string of the molecule is CCc1c(Cc2cc(C)c(Cc3[nH]c(C(=O)OCc4ccccc4)c(C)c3CC)[nH]2)[nH]c(C(=O)OCc2ccccc2)c1C. The third-order valence-electron chi connectivity index (χ3n) is 8.38. The third kappa shape index (κ3) is 6.72. The van der Waals surface area contributed by atoms with Gasteiger partial charge in [-0.05, 0) is 78.6 Å². The molecule has 5 rings (SSSR count). The molecular formula is C37H41N3O4. The molecule has 0 aliphatic rings. The molecule has 0 atom stereocenters. The van der Waals surface area contributed by atoms with Crippen LogP contribution in [0.5, 0.6) is 0 Å². The summed E-state index contributed by atoms with van der Waals surface area (Å²) in [7, 11) is 0. The molecule has 228 valence electrons. The topological polar surface area (TPSA) is 100.0 Å². The molecule has 0 bridgehead atoms. The van der Waals surface area contributed by atoms with Gasteiger partial charge in [-0.25, -0.2) is 9.59 Å². The zero-order chi connectivity index (χ0) is 31.2. The summed E-state index contributed by atoms with van der Waals surface area (Å²) in [5.74, 6) is -0.688. The first-order chi connectivity index (χ1) is 21.3. The van der Waals surface area contributed by atoms with Gasteiger partial charge in [-0.2, -0.15) is 0 Å². The molecule has 7 heteroatoms. The number of aromatic nitrogens is 3. The average molecular weight is 592 g/mol. The van der Waals surface area contributed by atoms with Gasteiger partial charge >= 0.3 is 11.9 Å². The lowest BCUT2D eigenvalue weighted by molar-refractivity contribution is 0.0457. The van der Waals surface area contributed by atoms with Crippen LogP contribution in [0.1, 0.15) is 96.5 Å². The third-order valence-corrected chi connectivity index (χ3v) is 8.38. The lowest BCUT2D eigenvalue weighted by atomic mass is 10.0. The monoisotopic (exact) mass is 591 g/mol. The summed E-state index contributed by atoms with van der Waals surface area (Å²) in [6.45, 7) is 10.7.